The third kappa shape index (κ3) is 3.28. The summed E-state index contributed by atoms with van der Waals surface area (Å²) < 4.78 is 0. The number of carbonyl (C=O) groups excluding carboxylic acids is 1. The highest BCUT2D eigenvalue weighted by atomic mass is 16.2. The number of hydrogen-bond acceptors (Lipinski definition) is 4. The van der Waals surface area contributed by atoms with Crippen LogP contribution in [0.25, 0.3) is 0 Å². The molecule has 1 aromatic rings. The summed E-state index contributed by atoms with van der Waals surface area (Å²) in [5.41, 5.74) is 5.98. The predicted molar refractivity (Wildman–Crippen MR) is 57.3 cm³/mol. The molecule has 0 fully saturated rings. The maximum Gasteiger partial charge on any atom is 0.255 e. The Kier molecular flexibility index (Phi) is 4.70. The number of rotatable bonds is 5. The maximum absolute atomic E-state index is 11.9. The van der Waals surface area contributed by atoms with E-state index in [0.29, 0.717) is 25.2 Å². The lowest BCUT2D eigenvalue weighted by molar-refractivity contribution is 0.0763. The number of hydrogen-bond donors (Lipinski definition) is 1. The summed E-state index contributed by atoms with van der Waals surface area (Å²) in [5, 5.41) is 7.31. The molecule has 0 bridgehead atoms. The maximum atomic E-state index is 11.9. The average Bonchev–Trinajstić information content (AvgIpc) is 2.31. The molecule has 0 radical (unpaired) electrons. The molecule has 0 aliphatic carbocycles. The van der Waals surface area contributed by atoms with Gasteiger partial charge in [-0.05, 0) is 26.0 Å². The molecule has 0 saturated heterocycles. The van der Waals surface area contributed by atoms with Gasteiger partial charge in [0, 0.05) is 13.1 Å². The first-order valence-electron chi connectivity index (χ1n) is 5.05. The molecule has 0 aromatic carbocycles. The van der Waals surface area contributed by atoms with E-state index in [1.165, 1.54) is 12.4 Å². The SMILES string of the molecule is CCN(CCCN)C(=O)c1ccnnc1. The molecule has 15 heavy (non-hydrogen) atoms. The lowest BCUT2D eigenvalue weighted by atomic mass is 10.2. The molecule has 5 heteroatoms. The smallest absolute Gasteiger partial charge is 0.255 e. The van der Waals surface area contributed by atoms with Crippen molar-refractivity contribution in [3.8, 4) is 0 Å². The quantitative estimate of drug-likeness (QED) is 0.754. The zero-order valence-corrected chi connectivity index (χ0v) is 8.89. The zero-order chi connectivity index (χ0) is 11.1. The molecule has 1 amide bonds. The van der Waals surface area contributed by atoms with Crippen LogP contribution in [0.1, 0.15) is 23.7 Å². The molecule has 0 aliphatic heterocycles. The van der Waals surface area contributed by atoms with Gasteiger partial charge >= 0.3 is 0 Å². The van der Waals surface area contributed by atoms with Gasteiger partial charge in [-0.25, -0.2) is 0 Å². The minimum absolute atomic E-state index is 0.0131. The van der Waals surface area contributed by atoms with Crippen LogP contribution >= 0.6 is 0 Å². The van der Waals surface area contributed by atoms with Crippen molar-refractivity contribution in [1.82, 2.24) is 15.1 Å². The van der Waals surface area contributed by atoms with Crippen LogP contribution in [0.15, 0.2) is 18.5 Å². The first kappa shape index (κ1) is 11.6. The molecule has 0 aliphatic rings. The average molecular weight is 208 g/mol. The molecule has 0 saturated carbocycles. The lowest BCUT2D eigenvalue weighted by Crippen LogP contribution is -2.32. The molecule has 1 rings (SSSR count). The van der Waals surface area contributed by atoms with Crippen LogP contribution in [0.3, 0.4) is 0 Å². The Balaban J connectivity index is 2.65. The Morgan fingerprint density at radius 2 is 2.33 bits per heavy atom. The topological polar surface area (TPSA) is 72.1 Å². The first-order chi connectivity index (χ1) is 7.29. The molecule has 1 heterocycles. The van der Waals surface area contributed by atoms with Crippen molar-refractivity contribution in [2.45, 2.75) is 13.3 Å². The highest BCUT2D eigenvalue weighted by molar-refractivity contribution is 5.93. The summed E-state index contributed by atoms with van der Waals surface area (Å²) in [7, 11) is 0. The van der Waals surface area contributed by atoms with Crippen molar-refractivity contribution in [2.24, 2.45) is 5.73 Å². The monoisotopic (exact) mass is 208 g/mol. The van der Waals surface area contributed by atoms with E-state index < -0.39 is 0 Å². The summed E-state index contributed by atoms with van der Waals surface area (Å²) in [4.78, 5) is 13.7. The number of nitrogens with two attached hydrogens (primary N) is 1. The van der Waals surface area contributed by atoms with Gasteiger partial charge < -0.3 is 10.6 Å². The fourth-order valence-corrected chi connectivity index (χ4v) is 1.29. The normalized spacial score (nSPS) is 10.0. The fraction of sp³-hybridized carbons (Fsp3) is 0.500. The molecule has 0 unspecified atom stereocenters. The Morgan fingerprint density at radius 3 is 2.87 bits per heavy atom. The van der Waals surface area contributed by atoms with Crippen LogP contribution in [-0.4, -0.2) is 40.6 Å². The second kappa shape index (κ2) is 6.08. The molecule has 5 nitrogen and oxygen atoms in total. The highest BCUT2D eigenvalue weighted by Gasteiger charge is 2.13. The highest BCUT2D eigenvalue weighted by Crippen LogP contribution is 2.02. The molecule has 0 spiro atoms. The predicted octanol–water partition coefficient (Wildman–Crippen LogP) is 0.287. The van der Waals surface area contributed by atoms with Crippen molar-refractivity contribution >= 4 is 5.91 Å². The van der Waals surface area contributed by atoms with Crippen LogP contribution in [0.2, 0.25) is 0 Å². The third-order valence-electron chi connectivity index (χ3n) is 2.13. The van der Waals surface area contributed by atoms with Gasteiger partial charge in [0.2, 0.25) is 0 Å². The van der Waals surface area contributed by atoms with E-state index in [4.69, 9.17) is 5.73 Å². The van der Waals surface area contributed by atoms with E-state index in [9.17, 15) is 4.79 Å². The van der Waals surface area contributed by atoms with E-state index >= 15 is 0 Å². The Hall–Kier alpha value is -1.49. The molecule has 1 aromatic heterocycles. The van der Waals surface area contributed by atoms with E-state index in [1.54, 1.807) is 11.0 Å². The van der Waals surface area contributed by atoms with Gasteiger partial charge in [-0.3, -0.25) is 4.79 Å². The van der Waals surface area contributed by atoms with Gasteiger partial charge in [-0.1, -0.05) is 0 Å². The van der Waals surface area contributed by atoms with Crippen LogP contribution in [0.5, 0.6) is 0 Å². The second-order valence-corrected chi connectivity index (χ2v) is 3.16. The van der Waals surface area contributed by atoms with Gasteiger partial charge in [0.25, 0.3) is 5.91 Å². The first-order valence-corrected chi connectivity index (χ1v) is 5.05. The Labute approximate surface area is 89.3 Å². The van der Waals surface area contributed by atoms with E-state index in [0.717, 1.165) is 6.42 Å². The van der Waals surface area contributed by atoms with E-state index in [1.807, 2.05) is 6.92 Å². The largest absolute Gasteiger partial charge is 0.339 e. The molecule has 82 valence electrons. The van der Waals surface area contributed by atoms with Crippen LogP contribution < -0.4 is 5.73 Å². The second-order valence-electron chi connectivity index (χ2n) is 3.16. The lowest BCUT2D eigenvalue weighted by Gasteiger charge is -2.20. The van der Waals surface area contributed by atoms with Gasteiger partial charge in [0.05, 0.1) is 18.0 Å². The van der Waals surface area contributed by atoms with Gasteiger partial charge in [-0.15, -0.1) is 0 Å². The molecule has 0 atom stereocenters. The molecular weight excluding hydrogens is 192 g/mol. The van der Waals surface area contributed by atoms with Crippen molar-refractivity contribution in [3.63, 3.8) is 0 Å². The van der Waals surface area contributed by atoms with Crippen LogP contribution in [-0.2, 0) is 0 Å². The summed E-state index contributed by atoms with van der Waals surface area (Å²) in [5.74, 6) is -0.0131. The molecule has 2 N–H and O–H groups in total. The van der Waals surface area contributed by atoms with Gasteiger partial charge in [-0.2, -0.15) is 10.2 Å². The van der Waals surface area contributed by atoms with Crippen molar-refractivity contribution < 1.29 is 4.79 Å². The fourth-order valence-electron chi connectivity index (χ4n) is 1.29. The molecular formula is C10H16N4O. The number of nitrogens with zero attached hydrogens (tertiary/aromatic N) is 3. The van der Waals surface area contributed by atoms with Gasteiger partial charge in [0.1, 0.15) is 0 Å². The Morgan fingerprint density at radius 1 is 1.53 bits per heavy atom. The minimum atomic E-state index is -0.0131. The summed E-state index contributed by atoms with van der Waals surface area (Å²) in [6, 6.07) is 1.67. The van der Waals surface area contributed by atoms with Crippen molar-refractivity contribution in [1.29, 1.82) is 0 Å². The number of aromatic nitrogens is 2. The summed E-state index contributed by atoms with van der Waals surface area (Å²) in [6.07, 6.45) is 3.82. The van der Waals surface area contributed by atoms with E-state index in [2.05, 4.69) is 10.2 Å². The zero-order valence-electron chi connectivity index (χ0n) is 8.89. The standard InChI is InChI=1S/C10H16N4O/c1-2-14(7-3-5-11)10(15)9-4-6-12-13-8-9/h4,6,8H,2-3,5,7,11H2,1H3. The summed E-state index contributed by atoms with van der Waals surface area (Å²) >= 11 is 0. The number of amides is 1. The van der Waals surface area contributed by atoms with Crippen LogP contribution in [0, 0.1) is 0 Å². The van der Waals surface area contributed by atoms with Gasteiger partial charge in [0.15, 0.2) is 0 Å². The third-order valence-corrected chi connectivity index (χ3v) is 2.13. The van der Waals surface area contributed by atoms with Crippen molar-refractivity contribution in [3.05, 3.63) is 24.0 Å². The number of carbonyl (C=O) groups is 1. The van der Waals surface area contributed by atoms with E-state index in [-0.39, 0.29) is 5.91 Å². The van der Waals surface area contributed by atoms with Crippen LogP contribution in [0.4, 0.5) is 0 Å². The Bertz CT molecular complexity index is 302. The summed E-state index contributed by atoms with van der Waals surface area (Å²) in [6.45, 7) is 3.91. The minimum Gasteiger partial charge on any atom is -0.339 e. The van der Waals surface area contributed by atoms with Crippen molar-refractivity contribution in [2.75, 3.05) is 19.6 Å².